The van der Waals surface area contributed by atoms with E-state index in [4.69, 9.17) is 9.47 Å². The second-order valence-corrected chi connectivity index (χ2v) is 9.47. The van der Waals surface area contributed by atoms with Crippen LogP contribution in [0.3, 0.4) is 0 Å². The Kier molecular flexibility index (Phi) is 7.02. The molecule has 1 N–H and O–H groups in total. The van der Waals surface area contributed by atoms with Gasteiger partial charge in [-0.3, -0.25) is 19.3 Å². The lowest BCUT2D eigenvalue weighted by Crippen LogP contribution is -2.60. The summed E-state index contributed by atoms with van der Waals surface area (Å²) in [5, 5.41) is 2.94. The van der Waals surface area contributed by atoms with Crippen molar-refractivity contribution in [2.24, 2.45) is 0 Å². The Labute approximate surface area is 209 Å². The molecule has 2 atom stereocenters. The molecule has 3 fully saturated rings. The Morgan fingerprint density at radius 1 is 1.00 bits per heavy atom. The summed E-state index contributed by atoms with van der Waals surface area (Å²) in [5.74, 6) is -1.53. The van der Waals surface area contributed by atoms with Crippen molar-refractivity contribution in [1.82, 2.24) is 15.1 Å². The van der Waals surface area contributed by atoms with Crippen molar-refractivity contribution in [3.05, 3.63) is 71.5 Å². The molecule has 3 aliphatic heterocycles. The van der Waals surface area contributed by atoms with E-state index in [-0.39, 0.29) is 43.2 Å². The fourth-order valence-corrected chi connectivity index (χ4v) is 5.29. The Bertz CT molecular complexity index is 1110. The largest absolute Gasteiger partial charge is 0.376 e. The van der Waals surface area contributed by atoms with Crippen molar-refractivity contribution in [3.63, 3.8) is 0 Å². The van der Waals surface area contributed by atoms with Gasteiger partial charge in [0.25, 0.3) is 11.8 Å². The third-order valence-electron chi connectivity index (χ3n) is 7.27. The molecule has 2 aromatic carbocycles. The van der Waals surface area contributed by atoms with E-state index < -0.39 is 23.5 Å². The van der Waals surface area contributed by atoms with E-state index in [0.717, 1.165) is 12.8 Å². The highest BCUT2D eigenvalue weighted by molar-refractivity contribution is 5.98. The molecule has 0 bridgehead atoms. The molecular formula is C27H30FN3O5. The van der Waals surface area contributed by atoms with Crippen molar-refractivity contribution in [2.75, 3.05) is 32.8 Å². The molecule has 2 aromatic rings. The minimum Gasteiger partial charge on any atom is -0.376 e. The summed E-state index contributed by atoms with van der Waals surface area (Å²) in [6.45, 7) is 1.70. The molecule has 190 valence electrons. The van der Waals surface area contributed by atoms with Crippen molar-refractivity contribution < 1.29 is 28.2 Å². The van der Waals surface area contributed by atoms with Crippen molar-refractivity contribution in [3.8, 4) is 0 Å². The first kappa shape index (κ1) is 24.4. The molecule has 0 unspecified atom stereocenters. The molecular weight excluding hydrogens is 465 g/mol. The molecule has 0 radical (unpaired) electrons. The summed E-state index contributed by atoms with van der Waals surface area (Å²) in [4.78, 5) is 43.0. The molecule has 8 nitrogen and oxygen atoms in total. The first-order chi connectivity index (χ1) is 17.5. The number of carbonyl (C=O) groups is 3. The molecule has 36 heavy (non-hydrogen) atoms. The molecule has 5 rings (SSSR count). The summed E-state index contributed by atoms with van der Waals surface area (Å²) < 4.78 is 26.0. The van der Waals surface area contributed by atoms with Crippen LogP contribution in [0.25, 0.3) is 0 Å². The zero-order valence-corrected chi connectivity index (χ0v) is 20.0. The van der Waals surface area contributed by atoms with Gasteiger partial charge in [0, 0.05) is 44.6 Å². The van der Waals surface area contributed by atoms with Crippen LogP contribution in [-0.4, -0.2) is 78.2 Å². The summed E-state index contributed by atoms with van der Waals surface area (Å²) in [7, 11) is 0. The molecule has 0 aliphatic carbocycles. The average molecular weight is 496 g/mol. The Hall–Kier alpha value is -3.30. The number of hydrogen-bond acceptors (Lipinski definition) is 5. The van der Waals surface area contributed by atoms with Gasteiger partial charge in [0.2, 0.25) is 5.91 Å². The van der Waals surface area contributed by atoms with Gasteiger partial charge in [-0.1, -0.05) is 30.3 Å². The van der Waals surface area contributed by atoms with Crippen LogP contribution < -0.4 is 5.32 Å². The minimum absolute atomic E-state index is 0.0175. The number of piperidine rings is 1. The van der Waals surface area contributed by atoms with Gasteiger partial charge < -0.3 is 19.7 Å². The number of carbonyl (C=O) groups excluding carboxylic acids is 3. The van der Waals surface area contributed by atoms with Crippen molar-refractivity contribution >= 4 is 17.7 Å². The van der Waals surface area contributed by atoms with E-state index in [9.17, 15) is 18.8 Å². The summed E-state index contributed by atoms with van der Waals surface area (Å²) >= 11 is 0. The third-order valence-corrected chi connectivity index (χ3v) is 7.27. The van der Waals surface area contributed by atoms with Crippen LogP contribution in [-0.2, 0) is 14.3 Å². The van der Waals surface area contributed by atoms with Crippen molar-refractivity contribution in [1.29, 1.82) is 0 Å². The predicted molar refractivity (Wildman–Crippen MR) is 129 cm³/mol. The maximum Gasteiger partial charge on any atom is 0.256 e. The van der Waals surface area contributed by atoms with Gasteiger partial charge in [0.05, 0.1) is 18.3 Å². The van der Waals surface area contributed by atoms with Crippen LogP contribution >= 0.6 is 0 Å². The van der Waals surface area contributed by atoms with E-state index in [0.29, 0.717) is 31.6 Å². The molecule has 3 heterocycles. The maximum absolute atomic E-state index is 14.2. The predicted octanol–water partition coefficient (Wildman–Crippen LogP) is 2.59. The van der Waals surface area contributed by atoms with Gasteiger partial charge >= 0.3 is 0 Å². The number of likely N-dealkylation sites (tertiary alicyclic amines) is 1. The highest BCUT2D eigenvalue weighted by Gasteiger charge is 2.54. The summed E-state index contributed by atoms with van der Waals surface area (Å²) in [6.07, 6.45) is 2.49. The Morgan fingerprint density at radius 3 is 2.42 bits per heavy atom. The molecule has 0 aromatic heterocycles. The zero-order valence-electron chi connectivity index (χ0n) is 20.0. The quantitative estimate of drug-likeness (QED) is 0.689. The van der Waals surface area contributed by atoms with E-state index in [1.54, 1.807) is 46.2 Å². The lowest BCUT2D eigenvalue weighted by molar-refractivity contribution is -0.128. The number of rotatable bonds is 5. The van der Waals surface area contributed by atoms with Crippen molar-refractivity contribution in [2.45, 2.75) is 43.6 Å². The number of nitrogens with zero attached hydrogens (tertiary/aromatic N) is 2. The monoisotopic (exact) mass is 495 g/mol. The number of benzene rings is 2. The summed E-state index contributed by atoms with van der Waals surface area (Å²) in [6, 6.07) is 13.9. The van der Waals surface area contributed by atoms with E-state index >= 15 is 0 Å². The third kappa shape index (κ3) is 4.73. The van der Waals surface area contributed by atoms with Gasteiger partial charge in [-0.05, 0) is 37.1 Å². The van der Waals surface area contributed by atoms with Gasteiger partial charge in [-0.2, -0.15) is 0 Å². The second-order valence-electron chi connectivity index (χ2n) is 9.47. The van der Waals surface area contributed by atoms with E-state index in [2.05, 4.69) is 5.32 Å². The summed E-state index contributed by atoms with van der Waals surface area (Å²) in [5.41, 5.74) is -0.543. The van der Waals surface area contributed by atoms with Crippen LogP contribution in [0, 0.1) is 5.82 Å². The zero-order chi connectivity index (χ0) is 25.1. The molecule has 0 saturated carbocycles. The van der Waals surface area contributed by atoms with Crippen LogP contribution in [0.4, 0.5) is 4.39 Å². The number of ether oxygens (including phenoxy) is 2. The van der Waals surface area contributed by atoms with Gasteiger partial charge in [0.1, 0.15) is 17.6 Å². The Balaban J connectivity index is 1.34. The average Bonchev–Trinajstić information content (AvgIpc) is 3.56. The number of hydrogen-bond donors (Lipinski definition) is 1. The lowest BCUT2D eigenvalue weighted by Gasteiger charge is -2.44. The normalized spacial score (nSPS) is 23.1. The van der Waals surface area contributed by atoms with Crippen LogP contribution in [0.15, 0.2) is 54.6 Å². The fourth-order valence-electron chi connectivity index (χ4n) is 5.29. The fraction of sp³-hybridized carbons (Fsp3) is 0.444. The van der Waals surface area contributed by atoms with Crippen LogP contribution in [0.5, 0.6) is 0 Å². The molecule has 3 amide bonds. The maximum atomic E-state index is 14.2. The minimum atomic E-state index is -1.02. The standard InChI is InChI=1S/C27H30FN3O5/c28-22-11-5-4-10-21(22)26(34)30-14-12-27(13-15-30)31(25(33)19-7-2-1-3-8-19)23(18-36-27)24(32)29-17-20-9-6-16-35-20/h1-5,7-8,10-11,20,23H,6,9,12-18H2,(H,29,32)/t20-,23-/m1/s1. The first-order valence-corrected chi connectivity index (χ1v) is 12.4. The SMILES string of the molecule is O=C(NC[C@H]1CCCO1)[C@H]1COC2(CCN(C(=O)c3ccccc3F)CC2)N1C(=O)c1ccccc1. The van der Waals surface area contributed by atoms with Gasteiger partial charge in [0.15, 0.2) is 0 Å². The van der Waals surface area contributed by atoms with Gasteiger partial charge in [-0.15, -0.1) is 0 Å². The molecule has 3 aliphatic rings. The molecule has 1 spiro atoms. The highest BCUT2D eigenvalue weighted by Crippen LogP contribution is 2.39. The highest BCUT2D eigenvalue weighted by atomic mass is 19.1. The second kappa shape index (κ2) is 10.4. The van der Waals surface area contributed by atoms with E-state index in [1.807, 2.05) is 6.07 Å². The van der Waals surface area contributed by atoms with Gasteiger partial charge in [-0.25, -0.2) is 4.39 Å². The van der Waals surface area contributed by atoms with Crippen LogP contribution in [0.2, 0.25) is 0 Å². The smallest absolute Gasteiger partial charge is 0.256 e. The topological polar surface area (TPSA) is 88.2 Å². The molecule has 9 heteroatoms. The number of amides is 3. The number of halogens is 1. The Morgan fingerprint density at radius 2 is 1.72 bits per heavy atom. The van der Waals surface area contributed by atoms with E-state index in [1.165, 1.54) is 12.1 Å². The van der Waals surface area contributed by atoms with Crippen LogP contribution in [0.1, 0.15) is 46.4 Å². The first-order valence-electron chi connectivity index (χ1n) is 12.4. The number of nitrogens with one attached hydrogen (secondary N) is 1. The lowest BCUT2D eigenvalue weighted by atomic mass is 9.96. The molecule has 3 saturated heterocycles.